The van der Waals surface area contributed by atoms with Gasteiger partial charge in [0, 0.05) is 17.1 Å². The maximum absolute atomic E-state index is 12.3. The molecule has 2 heterocycles. The summed E-state index contributed by atoms with van der Waals surface area (Å²) in [5.74, 6) is 1.03. The summed E-state index contributed by atoms with van der Waals surface area (Å²) in [5.41, 5.74) is 0.912. The van der Waals surface area contributed by atoms with Gasteiger partial charge >= 0.3 is 0 Å². The van der Waals surface area contributed by atoms with Crippen molar-refractivity contribution in [1.82, 2.24) is 4.98 Å². The third kappa shape index (κ3) is 2.64. The van der Waals surface area contributed by atoms with Gasteiger partial charge in [0.25, 0.3) is 10.0 Å². The fraction of sp³-hybridized carbons (Fsp3) is 0.154. The zero-order valence-electron chi connectivity index (χ0n) is 10.3. The number of pyridine rings is 1. The predicted octanol–water partition coefficient (Wildman–Crippen LogP) is 2.58. The highest BCUT2D eigenvalue weighted by atomic mass is 79.9. The molecule has 5 nitrogen and oxygen atoms in total. The molecule has 104 valence electrons. The third-order valence-corrected chi connectivity index (χ3v) is 4.78. The summed E-state index contributed by atoms with van der Waals surface area (Å²) in [7, 11) is -3.64. The normalized spacial score (nSPS) is 13.7. The summed E-state index contributed by atoms with van der Waals surface area (Å²) in [6.45, 7) is 0.597. The van der Waals surface area contributed by atoms with Gasteiger partial charge in [-0.3, -0.25) is 4.72 Å². The topological polar surface area (TPSA) is 68.3 Å². The van der Waals surface area contributed by atoms with Gasteiger partial charge in [-0.05, 0) is 35.9 Å². The van der Waals surface area contributed by atoms with Crippen molar-refractivity contribution in [2.75, 3.05) is 11.3 Å². The SMILES string of the molecule is O=S(=O)(Nc1cc(Br)ccn1)c1ccc2c(c1)CCO2. The van der Waals surface area contributed by atoms with E-state index in [9.17, 15) is 8.42 Å². The van der Waals surface area contributed by atoms with Crippen LogP contribution in [0.25, 0.3) is 0 Å². The van der Waals surface area contributed by atoms with Crippen molar-refractivity contribution in [3.63, 3.8) is 0 Å². The molecule has 0 amide bonds. The van der Waals surface area contributed by atoms with Crippen LogP contribution in [0.5, 0.6) is 5.75 Å². The van der Waals surface area contributed by atoms with E-state index in [1.165, 1.54) is 12.3 Å². The van der Waals surface area contributed by atoms with Crippen LogP contribution in [0.1, 0.15) is 5.56 Å². The van der Waals surface area contributed by atoms with E-state index in [2.05, 4.69) is 25.6 Å². The number of fused-ring (bicyclic) bond motifs is 1. The van der Waals surface area contributed by atoms with Crippen molar-refractivity contribution in [1.29, 1.82) is 0 Å². The first-order valence-corrected chi connectivity index (χ1v) is 8.22. The summed E-state index contributed by atoms with van der Waals surface area (Å²) >= 11 is 3.28. The van der Waals surface area contributed by atoms with Gasteiger partial charge in [0.05, 0.1) is 11.5 Å². The van der Waals surface area contributed by atoms with E-state index in [0.29, 0.717) is 6.61 Å². The van der Waals surface area contributed by atoms with E-state index in [1.807, 2.05) is 0 Å². The molecule has 1 aromatic heterocycles. The number of anilines is 1. The molecule has 0 radical (unpaired) electrons. The van der Waals surface area contributed by atoms with Crippen LogP contribution in [0.4, 0.5) is 5.82 Å². The van der Waals surface area contributed by atoms with Crippen molar-refractivity contribution in [2.45, 2.75) is 11.3 Å². The first kappa shape index (κ1) is 13.4. The second-order valence-corrected chi connectivity index (χ2v) is 6.93. The Labute approximate surface area is 125 Å². The molecule has 1 aliphatic rings. The number of sulfonamides is 1. The zero-order valence-corrected chi connectivity index (χ0v) is 12.7. The van der Waals surface area contributed by atoms with Crippen LogP contribution in [-0.2, 0) is 16.4 Å². The van der Waals surface area contributed by atoms with E-state index >= 15 is 0 Å². The Balaban J connectivity index is 1.92. The smallest absolute Gasteiger partial charge is 0.263 e. The van der Waals surface area contributed by atoms with Crippen LogP contribution in [0.15, 0.2) is 45.9 Å². The third-order valence-electron chi connectivity index (χ3n) is 2.93. The lowest BCUT2D eigenvalue weighted by atomic mass is 10.2. The number of rotatable bonds is 3. The Bertz CT molecular complexity index is 762. The molecule has 0 spiro atoms. The molecule has 0 saturated carbocycles. The monoisotopic (exact) mass is 354 g/mol. The minimum atomic E-state index is -3.64. The molecule has 0 saturated heterocycles. The van der Waals surface area contributed by atoms with Crippen molar-refractivity contribution >= 4 is 31.8 Å². The Hall–Kier alpha value is -1.60. The zero-order chi connectivity index (χ0) is 14.2. The molecule has 0 atom stereocenters. The quantitative estimate of drug-likeness (QED) is 0.919. The Morgan fingerprint density at radius 3 is 2.90 bits per heavy atom. The number of hydrogen-bond acceptors (Lipinski definition) is 4. The van der Waals surface area contributed by atoms with Gasteiger partial charge in [-0.1, -0.05) is 15.9 Å². The summed E-state index contributed by atoms with van der Waals surface area (Å²) in [4.78, 5) is 4.19. The van der Waals surface area contributed by atoms with Crippen LogP contribution in [-0.4, -0.2) is 20.0 Å². The highest BCUT2D eigenvalue weighted by Gasteiger charge is 2.19. The van der Waals surface area contributed by atoms with Crippen LogP contribution in [0.2, 0.25) is 0 Å². The average Bonchev–Trinajstić information content (AvgIpc) is 2.85. The number of hydrogen-bond donors (Lipinski definition) is 1. The van der Waals surface area contributed by atoms with Crippen LogP contribution in [0.3, 0.4) is 0 Å². The number of nitrogens with zero attached hydrogens (tertiary/aromatic N) is 1. The molecule has 3 rings (SSSR count). The molecule has 0 aliphatic carbocycles. The number of benzene rings is 1. The lowest BCUT2D eigenvalue weighted by molar-refractivity contribution is 0.356. The van der Waals surface area contributed by atoms with E-state index < -0.39 is 10.0 Å². The maximum Gasteiger partial charge on any atom is 0.263 e. The van der Waals surface area contributed by atoms with Crippen molar-refractivity contribution in [3.8, 4) is 5.75 Å². The molecule has 7 heteroatoms. The van der Waals surface area contributed by atoms with E-state index in [1.54, 1.807) is 24.3 Å². The number of halogens is 1. The standard InChI is InChI=1S/C13H11BrN2O3S/c14-10-3-5-15-13(8-10)16-20(17,18)11-1-2-12-9(7-11)4-6-19-12/h1-3,5,7-8H,4,6H2,(H,15,16). The molecule has 2 aromatic rings. The molecule has 1 N–H and O–H groups in total. The molecule has 0 bridgehead atoms. The maximum atomic E-state index is 12.3. The molecule has 0 unspecified atom stereocenters. The molecular weight excluding hydrogens is 344 g/mol. The van der Waals surface area contributed by atoms with Gasteiger partial charge in [0.2, 0.25) is 0 Å². The number of aromatic nitrogens is 1. The number of nitrogens with one attached hydrogen (secondary N) is 1. The van der Waals surface area contributed by atoms with Crippen molar-refractivity contribution in [2.24, 2.45) is 0 Å². The van der Waals surface area contributed by atoms with Gasteiger partial charge in [0.15, 0.2) is 0 Å². The van der Waals surface area contributed by atoms with Crippen molar-refractivity contribution in [3.05, 3.63) is 46.6 Å². The van der Waals surface area contributed by atoms with Crippen LogP contribution < -0.4 is 9.46 Å². The van der Waals surface area contributed by atoms with Crippen molar-refractivity contribution < 1.29 is 13.2 Å². The summed E-state index contributed by atoms with van der Waals surface area (Å²) in [5, 5.41) is 0. The molecule has 0 fully saturated rings. The van der Waals surface area contributed by atoms with Gasteiger partial charge in [-0.25, -0.2) is 13.4 Å². The first-order valence-electron chi connectivity index (χ1n) is 5.95. The van der Waals surface area contributed by atoms with Gasteiger partial charge in [-0.15, -0.1) is 0 Å². The fourth-order valence-electron chi connectivity index (χ4n) is 1.99. The summed E-state index contributed by atoms with van der Waals surface area (Å²) in [6.07, 6.45) is 2.26. The largest absolute Gasteiger partial charge is 0.493 e. The minimum Gasteiger partial charge on any atom is -0.493 e. The van der Waals surface area contributed by atoms with Crippen LogP contribution in [0, 0.1) is 0 Å². The molecule has 20 heavy (non-hydrogen) atoms. The lowest BCUT2D eigenvalue weighted by Crippen LogP contribution is -2.14. The Morgan fingerprint density at radius 2 is 2.10 bits per heavy atom. The lowest BCUT2D eigenvalue weighted by Gasteiger charge is -2.08. The fourth-order valence-corrected chi connectivity index (χ4v) is 3.37. The van der Waals surface area contributed by atoms with E-state index in [-0.39, 0.29) is 10.7 Å². The van der Waals surface area contributed by atoms with Gasteiger partial charge in [-0.2, -0.15) is 0 Å². The first-order chi connectivity index (χ1) is 9.54. The highest BCUT2D eigenvalue weighted by molar-refractivity contribution is 9.10. The minimum absolute atomic E-state index is 0.212. The number of ether oxygens (including phenoxy) is 1. The van der Waals surface area contributed by atoms with Crippen LogP contribution >= 0.6 is 15.9 Å². The Kier molecular flexibility index (Phi) is 3.39. The molecule has 1 aliphatic heterocycles. The second kappa shape index (κ2) is 5.06. The van der Waals surface area contributed by atoms with E-state index in [4.69, 9.17) is 4.74 Å². The van der Waals surface area contributed by atoms with Gasteiger partial charge in [0.1, 0.15) is 11.6 Å². The summed E-state index contributed by atoms with van der Waals surface area (Å²) < 4.78 is 33.2. The molecular formula is C13H11BrN2O3S. The average molecular weight is 355 g/mol. The second-order valence-electron chi connectivity index (χ2n) is 4.33. The summed E-state index contributed by atoms with van der Waals surface area (Å²) in [6, 6.07) is 8.19. The molecule has 1 aromatic carbocycles. The highest BCUT2D eigenvalue weighted by Crippen LogP contribution is 2.28. The predicted molar refractivity (Wildman–Crippen MR) is 78.4 cm³/mol. The van der Waals surface area contributed by atoms with Gasteiger partial charge < -0.3 is 4.74 Å². The Morgan fingerprint density at radius 1 is 1.25 bits per heavy atom. The van der Waals surface area contributed by atoms with E-state index in [0.717, 1.165) is 22.2 Å².